The van der Waals surface area contributed by atoms with E-state index in [9.17, 15) is 0 Å². The number of anilines is 2. The molecule has 0 saturated heterocycles. The molecule has 0 radical (unpaired) electrons. The first-order valence-corrected chi connectivity index (χ1v) is 5.67. The molecule has 0 saturated carbocycles. The number of hydrogen-bond donors (Lipinski definition) is 1. The van der Waals surface area contributed by atoms with Crippen LogP contribution in [0.4, 0.5) is 11.5 Å². The van der Waals surface area contributed by atoms with Crippen molar-refractivity contribution in [3.63, 3.8) is 0 Å². The molecule has 1 aromatic carbocycles. The Morgan fingerprint density at radius 3 is 2.68 bits per heavy atom. The van der Waals surface area contributed by atoms with Crippen LogP contribution < -0.4 is 4.90 Å². The number of aromatic nitrogens is 4. The molecule has 0 spiro atoms. The highest BCUT2D eigenvalue weighted by atomic mass is 15.2. The largest absolute Gasteiger partial charge is 0.340 e. The van der Waals surface area contributed by atoms with Crippen molar-refractivity contribution in [1.82, 2.24) is 19.9 Å². The van der Waals surface area contributed by atoms with Gasteiger partial charge in [0.25, 0.3) is 0 Å². The molecule has 1 N–H and O–H groups in total. The number of rotatable bonds is 2. The minimum absolute atomic E-state index is 0.630. The summed E-state index contributed by atoms with van der Waals surface area (Å²) in [7, 11) is 1.91. The Bertz CT molecular complexity index is 753. The van der Waals surface area contributed by atoms with Crippen molar-refractivity contribution in [3.8, 4) is 6.07 Å². The van der Waals surface area contributed by atoms with Gasteiger partial charge in [0.05, 0.1) is 18.0 Å². The number of nitrogens with zero attached hydrogens (tertiary/aromatic N) is 5. The van der Waals surface area contributed by atoms with Gasteiger partial charge in [0.15, 0.2) is 11.5 Å². The van der Waals surface area contributed by atoms with E-state index in [4.69, 9.17) is 5.26 Å². The predicted octanol–water partition coefficient (Wildman–Crippen LogP) is 1.99. The molecular weight excluding hydrogens is 240 g/mol. The number of aromatic amines is 1. The van der Waals surface area contributed by atoms with E-state index in [2.05, 4.69) is 26.0 Å². The summed E-state index contributed by atoms with van der Waals surface area (Å²) in [6.07, 6.45) is 3.08. The SMILES string of the molecule is CN(c1ccc(C#N)cc1)c1ncnc2nc[nH]c12. The van der Waals surface area contributed by atoms with Gasteiger partial charge in [-0.05, 0) is 24.3 Å². The lowest BCUT2D eigenvalue weighted by molar-refractivity contribution is 1.10. The molecule has 6 heteroatoms. The third-order valence-corrected chi connectivity index (χ3v) is 2.90. The first kappa shape index (κ1) is 11.2. The number of H-pyrrole nitrogens is 1. The number of hydrogen-bond acceptors (Lipinski definition) is 5. The first-order valence-electron chi connectivity index (χ1n) is 5.67. The number of nitrogens with one attached hydrogen (secondary N) is 1. The summed E-state index contributed by atoms with van der Waals surface area (Å²) >= 11 is 0. The smallest absolute Gasteiger partial charge is 0.182 e. The fraction of sp³-hybridized carbons (Fsp3) is 0.0769. The van der Waals surface area contributed by atoms with Gasteiger partial charge < -0.3 is 9.88 Å². The van der Waals surface area contributed by atoms with E-state index in [0.29, 0.717) is 11.2 Å². The highest BCUT2D eigenvalue weighted by molar-refractivity contribution is 5.85. The minimum atomic E-state index is 0.630. The Labute approximate surface area is 109 Å². The summed E-state index contributed by atoms with van der Waals surface area (Å²) in [5.41, 5.74) is 2.99. The predicted molar refractivity (Wildman–Crippen MR) is 70.9 cm³/mol. The number of fused-ring (bicyclic) bond motifs is 1. The average molecular weight is 250 g/mol. The van der Waals surface area contributed by atoms with E-state index in [1.165, 1.54) is 6.33 Å². The first-order chi connectivity index (χ1) is 9.29. The Morgan fingerprint density at radius 2 is 1.95 bits per heavy atom. The summed E-state index contributed by atoms with van der Waals surface area (Å²) < 4.78 is 0. The van der Waals surface area contributed by atoms with Crippen LogP contribution in [0.2, 0.25) is 0 Å². The second-order valence-electron chi connectivity index (χ2n) is 4.02. The standard InChI is InChI=1S/C13H10N6/c1-19(10-4-2-9(6-14)3-5-10)13-11-12(16-7-15-11)17-8-18-13/h2-5,7-8H,1H3,(H,15,16,17,18). The van der Waals surface area contributed by atoms with Crippen LogP contribution in [0.3, 0.4) is 0 Å². The highest BCUT2D eigenvalue weighted by Gasteiger charge is 2.11. The zero-order valence-corrected chi connectivity index (χ0v) is 10.2. The quantitative estimate of drug-likeness (QED) is 0.752. The molecular formula is C13H10N6. The van der Waals surface area contributed by atoms with Gasteiger partial charge in [0.1, 0.15) is 11.8 Å². The van der Waals surface area contributed by atoms with Crippen LogP contribution in [0.1, 0.15) is 5.56 Å². The second-order valence-corrected chi connectivity index (χ2v) is 4.02. The lowest BCUT2D eigenvalue weighted by Gasteiger charge is -2.18. The van der Waals surface area contributed by atoms with Crippen LogP contribution in [0.25, 0.3) is 11.2 Å². The average Bonchev–Trinajstić information content (AvgIpc) is 2.95. The molecule has 92 valence electrons. The molecule has 0 bridgehead atoms. The summed E-state index contributed by atoms with van der Waals surface area (Å²) in [6, 6.07) is 9.40. The third kappa shape index (κ3) is 1.87. The fourth-order valence-corrected chi connectivity index (χ4v) is 1.89. The minimum Gasteiger partial charge on any atom is -0.340 e. The van der Waals surface area contributed by atoms with Gasteiger partial charge in [0.2, 0.25) is 0 Å². The summed E-state index contributed by atoms with van der Waals surface area (Å²) in [5, 5.41) is 8.80. The molecule has 0 amide bonds. The second kappa shape index (κ2) is 4.38. The van der Waals surface area contributed by atoms with Gasteiger partial charge in [-0.25, -0.2) is 15.0 Å². The van der Waals surface area contributed by atoms with Gasteiger partial charge in [-0.2, -0.15) is 5.26 Å². The van der Waals surface area contributed by atoms with Crippen LogP contribution >= 0.6 is 0 Å². The zero-order chi connectivity index (χ0) is 13.2. The Kier molecular flexibility index (Phi) is 2.58. The van der Waals surface area contributed by atoms with Crippen molar-refractivity contribution in [3.05, 3.63) is 42.5 Å². The van der Waals surface area contributed by atoms with Gasteiger partial charge in [-0.1, -0.05) is 0 Å². The van der Waals surface area contributed by atoms with Crippen LogP contribution in [0, 0.1) is 11.3 Å². The van der Waals surface area contributed by atoms with Crippen LogP contribution in [0.5, 0.6) is 0 Å². The lowest BCUT2D eigenvalue weighted by atomic mass is 10.2. The number of imidazole rings is 1. The number of benzene rings is 1. The summed E-state index contributed by atoms with van der Waals surface area (Å²) in [5.74, 6) is 0.743. The Hall–Kier alpha value is -2.94. The molecule has 6 nitrogen and oxygen atoms in total. The Morgan fingerprint density at radius 1 is 1.16 bits per heavy atom. The highest BCUT2D eigenvalue weighted by Crippen LogP contribution is 2.26. The van der Waals surface area contributed by atoms with Gasteiger partial charge >= 0.3 is 0 Å². The topological polar surface area (TPSA) is 81.5 Å². The molecule has 2 aromatic heterocycles. The maximum absolute atomic E-state index is 8.80. The number of nitriles is 1. The lowest BCUT2D eigenvalue weighted by Crippen LogP contribution is -2.12. The van der Waals surface area contributed by atoms with Crippen molar-refractivity contribution >= 4 is 22.7 Å². The van der Waals surface area contributed by atoms with Crippen molar-refractivity contribution in [2.24, 2.45) is 0 Å². The molecule has 0 atom stereocenters. The molecule has 19 heavy (non-hydrogen) atoms. The van der Waals surface area contributed by atoms with Crippen molar-refractivity contribution in [1.29, 1.82) is 5.26 Å². The monoisotopic (exact) mass is 250 g/mol. The normalized spacial score (nSPS) is 10.3. The van der Waals surface area contributed by atoms with E-state index < -0.39 is 0 Å². The van der Waals surface area contributed by atoms with E-state index in [0.717, 1.165) is 17.0 Å². The van der Waals surface area contributed by atoms with E-state index in [-0.39, 0.29) is 0 Å². The molecule has 0 aliphatic carbocycles. The molecule has 0 fully saturated rings. The molecule has 0 aliphatic heterocycles. The van der Waals surface area contributed by atoms with Crippen LogP contribution in [0.15, 0.2) is 36.9 Å². The molecule has 0 unspecified atom stereocenters. The molecule has 0 aliphatic rings. The van der Waals surface area contributed by atoms with E-state index in [1.807, 2.05) is 24.1 Å². The van der Waals surface area contributed by atoms with Crippen molar-refractivity contribution < 1.29 is 0 Å². The Balaban J connectivity index is 2.05. The third-order valence-electron chi connectivity index (χ3n) is 2.90. The maximum atomic E-state index is 8.80. The molecule has 3 rings (SSSR count). The van der Waals surface area contributed by atoms with Crippen molar-refractivity contribution in [2.45, 2.75) is 0 Å². The van der Waals surface area contributed by atoms with Gasteiger partial charge in [0, 0.05) is 12.7 Å². The maximum Gasteiger partial charge on any atom is 0.182 e. The van der Waals surface area contributed by atoms with Crippen molar-refractivity contribution in [2.75, 3.05) is 11.9 Å². The fourth-order valence-electron chi connectivity index (χ4n) is 1.89. The van der Waals surface area contributed by atoms with Gasteiger partial charge in [-0.15, -0.1) is 0 Å². The van der Waals surface area contributed by atoms with E-state index >= 15 is 0 Å². The molecule has 3 aromatic rings. The van der Waals surface area contributed by atoms with Crippen LogP contribution in [-0.2, 0) is 0 Å². The van der Waals surface area contributed by atoms with E-state index in [1.54, 1.807) is 18.5 Å². The van der Waals surface area contributed by atoms with Gasteiger partial charge in [-0.3, -0.25) is 0 Å². The summed E-state index contributed by atoms with van der Waals surface area (Å²) in [4.78, 5) is 17.4. The molecule has 2 heterocycles. The zero-order valence-electron chi connectivity index (χ0n) is 10.2. The van der Waals surface area contributed by atoms with Crippen LogP contribution in [-0.4, -0.2) is 27.0 Å². The summed E-state index contributed by atoms with van der Waals surface area (Å²) in [6.45, 7) is 0.